The van der Waals surface area contributed by atoms with Crippen molar-refractivity contribution in [2.24, 2.45) is 5.41 Å². The first-order valence-corrected chi connectivity index (χ1v) is 8.62. The van der Waals surface area contributed by atoms with E-state index in [4.69, 9.17) is 0 Å². The molecule has 0 aromatic carbocycles. The Morgan fingerprint density at radius 1 is 0.800 bits per heavy atom. The van der Waals surface area contributed by atoms with Crippen LogP contribution in [0.15, 0.2) is 12.2 Å². The van der Waals surface area contributed by atoms with Crippen LogP contribution in [0.2, 0.25) is 0 Å². The zero-order chi connectivity index (χ0) is 15.4. The van der Waals surface area contributed by atoms with Crippen molar-refractivity contribution in [3.05, 3.63) is 12.2 Å². The van der Waals surface area contributed by atoms with E-state index in [1.54, 1.807) is 0 Å². The summed E-state index contributed by atoms with van der Waals surface area (Å²) in [5.41, 5.74) is 0.712. The fourth-order valence-corrected chi connectivity index (χ4v) is 2.34. The number of Topliss-reactive ketones (excluding diaryl/α,β-unsaturated/α-hetero) is 1. The number of hydrogen-bond acceptors (Lipinski definition) is 1. The van der Waals surface area contributed by atoms with E-state index in [0.29, 0.717) is 6.42 Å². The summed E-state index contributed by atoms with van der Waals surface area (Å²) in [5, 5.41) is 0. The Morgan fingerprint density at radius 2 is 1.20 bits per heavy atom. The maximum absolute atomic E-state index is 11.9. The monoisotopic (exact) mass is 280 g/mol. The summed E-state index contributed by atoms with van der Waals surface area (Å²) < 4.78 is 0. The Labute approximate surface area is 127 Å². The van der Waals surface area contributed by atoms with Crippen molar-refractivity contribution in [2.75, 3.05) is 0 Å². The normalized spacial score (nSPS) is 11.6. The number of ketones is 1. The molecule has 0 fully saturated rings. The van der Waals surface area contributed by atoms with Gasteiger partial charge in [-0.25, -0.2) is 0 Å². The van der Waals surface area contributed by atoms with Crippen LogP contribution in [0.1, 0.15) is 98.3 Å². The average molecular weight is 280 g/mol. The van der Waals surface area contributed by atoms with Crippen LogP contribution in [0.25, 0.3) is 0 Å². The third kappa shape index (κ3) is 10.2. The van der Waals surface area contributed by atoms with E-state index < -0.39 is 0 Å². The fourth-order valence-electron chi connectivity index (χ4n) is 2.34. The SMILES string of the molecule is C=C(C(=O)CCCCCCCCCCCC)C(C)(C)C. The molecule has 0 aromatic heterocycles. The third-order valence-electron chi connectivity index (χ3n) is 4.00. The second-order valence-corrected chi connectivity index (χ2v) is 7.08. The molecule has 0 aromatic rings. The molecule has 20 heavy (non-hydrogen) atoms. The highest BCUT2D eigenvalue weighted by Crippen LogP contribution is 2.25. The highest BCUT2D eigenvalue weighted by molar-refractivity contribution is 5.95. The van der Waals surface area contributed by atoms with Gasteiger partial charge in [0.05, 0.1) is 0 Å². The van der Waals surface area contributed by atoms with Crippen LogP contribution in [0, 0.1) is 5.41 Å². The summed E-state index contributed by atoms with van der Waals surface area (Å²) in [6.45, 7) is 12.4. The van der Waals surface area contributed by atoms with Gasteiger partial charge in [-0.1, -0.05) is 92.1 Å². The molecule has 0 amide bonds. The third-order valence-corrected chi connectivity index (χ3v) is 4.00. The molecule has 0 atom stereocenters. The van der Waals surface area contributed by atoms with Crippen LogP contribution in [0.4, 0.5) is 0 Å². The van der Waals surface area contributed by atoms with Gasteiger partial charge in [-0.15, -0.1) is 0 Å². The largest absolute Gasteiger partial charge is 0.295 e. The van der Waals surface area contributed by atoms with Crippen LogP contribution in [-0.4, -0.2) is 5.78 Å². The van der Waals surface area contributed by atoms with Crippen molar-refractivity contribution < 1.29 is 4.79 Å². The van der Waals surface area contributed by atoms with Gasteiger partial charge in [0.1, 0.15) is 0 Å². The second kappa shape index (κ2) is 11.1. The van der Waals surface area contributed by atoms with Gasteiger partial charge in [-0.05, 0) is 17.4 Å². The number of hydrogen-bond donors (Lipinski definition) is 0. The van der Waals surface area contributed by atoms with E-state index in [1.807, 2.05) is 0 Å². The minimum Gasteiger partial charge on any atom is -0.295 e. The second-order valence-electron chi connectivity index (χ2n) is 7.08. The lowest BCUT2D eigenvalue weighted by atomic mass is 9.84. The molecule has 0 rings (SSSR count). The molecule has 118 valence electrons. The molecule has 0 bridgehead atoms. The van der Waals surface area contributed by atoms with Gasteiger partial charge in [0.2, 0.25) is 0 Å². The predicted molar refractivity (Wildman–Crippen MR) is 90.1 cm³/mol. The Kier molecular flexibility index (Phi) is 10.8. The van der Waals surface area contributed by atoms with Gasteiger partial charge in [0.15, 0.2) is 5.78 Å². The molecule has 0 aliphatic rings. The first kappa shape index (κ1) is 19.4. The van der Waals surface area contributed by atoms with Crippen molar-refractivity contribution >= 4 is 5.78 Å². The standard InChI is InChI=1S/C19H36O/c1-6-7-8-9-10-11-12-13-14-15-16-18(20)17(2)19(3,4)5/h2,6-16H2,1,3-5H3. The van der Waals surface area contributed by atoms with Crippen LogP contribution >= 0.6 is 0 Å². The number of allylic oxidation sites excluding steroid dienone is 1. The highest BCUT2D eigenvalue weighted by Gasteiger charge is 2.20. The number of carbonyl (C=O) groups is 1. The molecule has 0 saturated heterocycles. The van der Waals surface area contributed by atoms with E-state index >= 15 is 0 Å². The summed E-state index contributed by atoms with van der Waals surface area (Å²) in [7, 11) is 0. The first-order valence-electron chi connectivity index (χ1n) is 8.62. The zero-order valence-corrected chi connectivity index (χ0v) is 14.4. The van der Waals surface area contributed by atoms with E-state index in [9.17, 15) is 4.79 Å². The molecule has 0 radical (unpaired) electrons. The van der Waals surface area contributed by atoms with Crippen LogP contribution in [0.5, 0.6) is 0 Å². The van der Waals surface area contributed by atoms with Crippen molar-refractivity contribution in [3.8, 4) is 0 Å². The first-order chi connectivity index (χ1) is 9.39. The van der Waals surface area contributed by atoms with Gasteiger partial charge in [0.25, 0.3) is 0 Å². The lowest BCUT2D eigenvalue weighted by molar-refractivity contribution is -0.116. The summed E-state index contributed by atoms with van der Waals surface area (Å²) in [5.74, 6) is 0.261. The quantitative estimate of drug-likeness (QED) is 0.296. The van der Waals surface area contributed by atoms with E-state index in [2.05, 4.69) is 34.3 Å². The molecule has 1 nitrogen and oxygen atoms in total. The van der Waals surface area contributed by atoms with Gasteiger partial charge in [-0.3, -0.25) is 4.79 Å². The van der Waals surface area contributed by atoms with Crippen LogP contribution in [0.3, 0.4) is 0 Å². The van der Waals surface area contributed by atoms with Crippen LogP contribution < -0.4 is 0 Å². The van der Waals surface area contributed by atoms with Crippen LogP contribution in [-0.2, 0) is 4.79 Å². The molecule has 0 unspecified atom stereocenters. The summed E-state index contributed by atoms with van der Waals surface area (Å²) in [6, 6.07) is 0. The predicted octanol–water partition coefficient (Wildman–Crippen LogP) is 6.47. The average Bonchev–Trinajstić information content (AvgIpc) is 2.38. The Hall–Kier alpha value is -0.590. The maximum Gasteiger partial charge on any atom is 0.158 e. The molecule has 0 saturated carbocycles. The van der Waals surface area contributed by atoms with Gasteiger partial charge >= 0.3 is 0 Å². The fraction of sp³-hybridized carbons (Fsp3) is 0.842. The Morgan fingerprint density at radius 3 is 1.60 bits per heavy atom. The molecule has 0 spiro atoms. The van der Waals surface area contributed by atoms with E-state index in [1.165, 1.54) is 57.8 Å². The minimum absolute atomic E-state index is 0.0738. The summed E-state index contributed by atoms with van der Waals surface area (Å²) in [4.78, 5) is 11.9. The van der Waals surface area contributed by atoms with E-state index in [0.717, 1.165) is 12.0 Å². The van der Waals surface area contributed by atoms with Crippen molar-refractivity contribution in [1.82, 2.24) is 0 Å². The van der Waals surface area contributed by atoms with Crippen molar-refractivity contribution in [2.45, 2.75) is 98.3 Å². The molecule has 0 aliphatic carbocycles. The topological polar surface area (TPSA) is 17.1 Å². The van der Waals surface area contributed by atoms with Crippen molar-refractivity contribution in [3.63, 3.8) is 0 Å². The lowest BCUT2D eigenvalue weighted by Crippen LogP contribution is -2.16. The number of unbranched alkanes of at least 4 members (excludes halogenated alkanes) is 9. The van der Waals surface area contributed by atoms with E-state index in [-0.39, 0.29) is 11.2 Å². The summed E-state index contributed by atoms with van der Waals surface area (Å²) in [6.07, 6.45) is 13.8. The molecular formula is C19H36O. The minimum atomic E-state index is -0.0738. The molecule has 0 N–H and O–H groups in total. The zero-order valence-electron chi connectivity index (χ0n) is 14.4. The molecule has 0 heterocycles. The lowest BCUT2D eigenvalue weighted by Gasteiger charge is -2.20. The Balaban J connectivity index is 3.40. The van der Waals surface area contributed by atoms with Crippen molar-refractivity contribution in [1.29, 1.82) is 0 Å². The molecule has 1 heteroatoms. The van der Waals surface area contributed by atoms with Gasteiger partial charge in [-0.2, -0.15) is 0 Å². The smallest absolute Gasteiger partial charge is 0.158 e. The van der Waals surface area contributed by atoms with Gasteiger partial charge < -0.3 is 0 Å². The van der Waals surface area contributed by atoms with Gasteiger partial charge in [0, 0.05) is 6.42 Å². The summed E-state index contributed by atoms with van der Waals surface area (Å²) >= 11 is 0. The highest BCUT2D eigenvalue weighted by atomic mass is 16.1. The maximum atomic E-state index is 11.9. The molecular weight excluding hydrogens is 244 g/mol. The number of rotatable bonds is 12. The number of carbonyl (C=O) groups excluding carboxylic acids is 1. The Bertz CT molecular complexity index is 270. The molecule has 0 aliphatic heterocycles.